The van der Waals surface area contributed by atoms with Crippen molar-refractivity contribution in [1.82, 2.24) is 24.8 Å². The zero-order valence-corrected chi connectivity index (χ0v) is 31.0. The molecule has 2 aromatic heterocycles. The average molecular weight is 742 g/mol. The molecule has 15 nitrogen and oxygen atoms in total. The number of hydrogen-bond acceptors (Lipinski definition) is 11. The molecular formula is C40H39N9O6. The highest BCUT2D eigenvalue weighted by molar-refractivity contribution is 6.05. The molecule has 1 aliphatic rings. The molecule has 0 saturated carbocycles. The summed E-state index contributed by atoms with van der Waals surface area (Å²) in [7, 11) is 1.65. The predicted molar refractivity (Wildman–Crippen MR) is 209 cm³/mol. The van der Waals surface area contributed by atoms with Crippen molar-refractivity contribution in [3.05, 3.63) is 128 Å². The van der Waals surface area contributed by atoms with E-state index in [-0.39, 0.29) is 39.8 Å². The molecule has 3 heterocycles. The summed E-state index contributed by atoms with van der Waals surface area (Å²) >= 11 is 0. The van der Waals surface area contributed by atoms with Crippen molar-refractivity contribution >= 4 is 51.4 Å². The van der Waals surface area contributed by atoms with Gasteiger partial charge in [-0.1, -0.05) is 45.0 Å². The van der Waals surface area contributed by atoms with Gasteiger partial charge in [0.1, 0.15) is 0 Å². The van der Waals surface area contributed by atoms with Crippen LogP contribution in [-0.2, 0) is 12.5 Å². The van der Waals surface area contributed by atoms with E-state index >= 15 is 0 Å². The van der Waals surface area contributed by atoms with Crippen LogP contribution in [0, 0.1) is 17.0 Å². The Labute approximate surface area is 315 Å². The molecule has 0 aliphatic carbocycles. The van der Waals surface area contributed by atoms with Crippen LogP contribution >= 0.6 is 0 Å². The Bertz CT molecular complexity index is 2500. The number of nitrogens with one attached hydrogen (secondary N) is 2. The van der Waals surface area contributed by atoms with Crippen LogP contribution in [0.1, 0.15) is 52.6 Å². The van der Waals surface area contributed by atoms with Crippen LogP contribution in [0.5, 0.6) is 0 Å². The van der Waals surface area contributed by atoms with Crippen molar-refractivity contribution in [2.45, 2.75) is 33.1 Å². The van der Waals surface area contributed by atoms with E-state index in [0.29, 0.717) is 65.6 Å². The standard InChI is InChI=1S/C40H39N9O6/c1-24-29(7-6-8-30(24)43-37(50)25-9-13-27(14-10-25)40(2,3)4)31-23-46(5)39(52)36(42-31)41-28-15-11-26(12-16-28)38(51)48-21-19-47(20-22-48)32-17-18-33(49(53)54)35-34(32)44-55-45-35/h6-18,23H,19-22H2,1-5H3,(H,41,42)(H,43,50). The quantitative estimate of drug-likeness (QED) is 0.129. The maximum atomic E-state index is 13.4. The summed E-state index contributed by atoms with van der Waals surface area (Å²) in [4.78, 5) is 59.1. The van der Waals surface area contributed by atoms with Crippen LogP contribution in [0.25, 0.3) is 22.3 Å². The van der Waals surface area contributed by atoms with Crippen LogP contribution in [0.3, 0.4) is 0 Å². The maximum Gasteiger partial charge on any atom is 0.300 e. The van der Waals surface area contributed by atoms with Gasteiger partial charge in [-0.2, -0.15) is 0 Å². The van der Waals surface area contributed by atoms with Gasteiger partial charge >= 0.3 is 5.69 Å². The fraction of sp³-hybridized carbons (Fsp3) is 0.250. The number of carbonyl (C=O) groups is 2. The number of hydrogen-bond donors (Lipinski definition) is 2. The van der Waals surface area contributed by atoms with E-state index < -0.39 is 4.92 Å². The van der Waals surface area contributed by atoms with E-state index in [4.69, 9.17) is 4.63 Å². The zero-order chi connectivity index (χ0) is 39.0. The van der Waals surface area contributed by atoms with Crippen LogP contribution in [-0.4, -0.2) is 67.7 Å². The van der Waals surface area contributed by atoms with Gasteiger partial charge in [0.25, 0.3) is 17.4 Å². The molecular weight excluding hydrogens is 702 g/mol. The number of piperazine rings is 1. The Hall–Kier alpha value is -6.90. The lowest BCUT2D eigenvalue weighted by Crippen LogP contribution is -2.48. The molecule has 0 atom stereocenters. The van der Waals surface area contributed by atoms with Gasteiger partial charge < -0.3 is 25.0 Å². The number of benzene rings is 4. The zero-order valence-electron chi connectivity index (χ0n) is 31.0. The predicted octanol–water partition coefficient (Wildman–Crippen LogP) is 6.46. The van der Waals surface area contributed by atoms with Crippen molar-refractivity contribution < 1.29 is 19.1 Å². The molecule has 2 N–H and O–H groups in total. The third kappa shape index (κ3) is 7.36. The minimum atomic E-state index is -0.528. The molecule has 1 fully saturated rings. The first kappa shape index (κ1) is 36.5. The van der Waals surface area contributed by atoms with Crippen LogP contribution < -0.4 is 21.1 Å². The second-order valence-electron chi connectivity index (χ2n) is 14.5. The van der Waals surface area contributed by atoms with Crippen LogP contribution in [0.4, 0.5) is 28.6 Å². The Morgan fingerprint density at radius 3 is 2.22 bits per heavy atom. The van der Waals surface area contributed by atoms with Crippen molar-refractivity contribution in [2.75, 3.05) is 41.7 Å². The second-order valence-corrected chi connectivity index (χ2v) is 14.5. The number of non-ortho nitro benzene ring substituents is 1. The first-order chi connectivity index (χ1) is 26.3. The number of aromatic nitrogens is 4. The molecule has 55 heavy (non-hydrogen) atoms. The monoisotopic (exact) mass is 741 g/mol. The molecule has 7 rings (SSSR count). The summed E-state index contributed by atoms with van der Waals surface area (Å²) in [6, 6.07) is 23.0. The summed E-state index contributed by atoms with van der Waals surface area (Å²) in [6.07, 6.45) is 1.65. The van der Waals surface area contributed by atoms with Crippen LogP contribution in [0.15, 0.2) is 94.5 Å². The van der Waals surface area contributed by atoms with E-state index in [1.807, 2.05) is 54.3 Å². The number of nitrogens with zero attached hydrogens (tertiary/aromatic N) is 7. The number of amides is 2. The van der Waals surface area contributed by atoms with E-state index in [1.165, 1.54) is 10.6 Å². The van der Waals surface area contributed by atoms with Gasteiger partial charge in [0.2, 0.25) is 5.52 Å². The Morgan fingerprint density at radius 1 is 0.873 bits per heavy atom. The van der Waals surface area contributed by atoms with Gasteiger partial charge in [-0.05, 0) is 82.3 Å². The summed E-state index contributed by atoms with van der Waals surface area (Å²) in [5.74, 6) is -0.275. The van der Waals surface area contributed by atoms with E-state index in [1.54, 1.807) is 48.5 Å². The SMILES string of the molecule is Cc1c(NC(=O)c2ccc(C(C)(C)C)cc2)cccc1-c1cn(C)c(=O)c(Nc2ccc(C(=O)N3CCN(c4ccc([N+](=O)[O-])c5nonc45)CC3)cc2)n1. The topological polar surface area (TPSA) is 182 Å². The first-order valence-electron chi connectivity index (χ1n) is 17.7. The number of rotatable bonds is 8. The van der Waals surface area contributed by atoms with Gasteiger partial charge in [-0.25, -0.2) is 9.61 Å². The molecule has 0 unspecified atom stereocenters. The average Bonchev–Trinajstić information content (AvgIpc) is 3.67. The number of carbonyl (C=O) groups excluding carboxylic acids is 2. The highest BCUT2D eigenvalue weighted by Crippen LogP contribution is 2.32. The lowest BCUT2D eigenvalue weighted by Gasteiger charge is -2.36. The molecule has 280 valence electrons. The summed E-state index contributed by atoms with van der Waals surface area (Å²) in [5, 5.41) is 25.1. The third-order valence-electron chi connectivity index (χ3n) is 9.81. The minimum absolute atomic E-state index is 0.0228. The van der Waals surface area contributed by atoms with Crippen LogP contribution in [0.2, 0.25) is 0 Å². The summed E-state index contributed by atoms with van der Waals surface area (Å²) in [5.41, 5.74) is 5.93. The molecule has 4 aromatic carbocycles. The highest BCUT2D eigenvalue weighted by atomic mass is 16.6. The van der Waals surface area contributed by atoms with E-state index in [9.17, 15) is 24.5 Å². The molecule has 2 amide bonds. The van der Waals surface area contributed by atoms with Gasteiger partial charge in [0, 0.05) is 73.6 Å². The normalized spacial score (nSPS) is 13.2. The smallest absolute Gasteiger partial charge is 0.300 e. The number of nitro groups is 1. The van der Waals surface area contributed by atoms with Gasteiger partial charge in [-0.15, -0.1) is 0 Å². The summed E-state index contributed by atoms with van der Waals surface area (Å²) in [6.45, 7) is 10.1. The Balaban J connectivity index is 1.02. The fourth-order valence-corrected chi connectivity index (χ4v) is 6.59. The Kier molecular flexibility index (Phi) is 9.61. The van der Waals surface area contributed by atoms with E-state index in [0.717, 1.165) is 16.7 Å². The summed E-state index contributed by atoms with van der Waals surface area (Å²) < 4.78 is 6.25. The lowest BCUT2D eigenvalue weighted by molar-refractivity contribution is -0.383. The molecule has 15 heteroatoms. The molecule has 0 radical (unpaired) electrons. The van der Waals surface area contributed by atoms with Gasteiger partial charge in [0.15, 0.2) is 11.3 Å². The molecule has 0 bridgehead atoms. The largest absolute Gasteiger partial charge is 0.366 e. The second kappa shape index (κ2) is 14.5. The van der Waals surface area contributed by atoms with Crippen molar-refractivity contribution in [3.8, 4) is 11.3 Å². The van der Waals surface area contributed by atoms with Crippen molar-refractivity contribution in [1.29, 1.82) is 0 Å². The maximum absolute atomic E-state index is 13.4. The third-order valence-corrected chi connectivity index (χ3v) is 9.81. The molecule has 1 aliphatic heterocycles. The molecule has 6 aromatic rings. The first-order valence-corrected chi connectivity index (χ1v) is 17.7. The van der Waals surface area contributed by atoms with E-state index in [2.05, 4.69) is 46.7 Å². The molecule has 1 saturated heterocycles. The number of fused-ring (bicyclic) bond motifs is 1. The van der Waals surface area contributed by atoms with Crippen molar-refractivity contribution in [3.63, 3.8) is 0 Å². The van der Waals surface area contributed by atoms with Crippen molar-refractivity contribution in [2.24, 2.45) is 7.05 Å². The number of anilines is 4. The highest BCUT2D eigenvalue weighted by Gasteiger charge is 2.27. The number of aryl methyl sites for hydroxylation is 1. The van der Waals surface area contributed by atoms with Gasteiger partial charge in [-0.3, -0.25) is 24.5 Å². The lowest BCUT2D eigenvalue weighted by atomic mass is 9.86. The minimum Gasteiger partial charge on any atom is -0.366 e. The fourth-order valence-electron chi connectivity index (χ4n) is 6.59. The molecule has 0 spiro atoms. The number of nitro benzene ring substituents is 1. The van der Waals surface area contributed by atoms with Gasteiger partial charge in [0.05, 0.1) is 16.3 Å². The Morgan fingerprint density at radius 2 is 1.55 bits per heavy atom.